The van der Waals surface area contributed by atoms with Crippen LogP contribution < -0.4 is 0 Å². The second kappa shape index (κ2) is 12.5. The molecule has 0 saturated heterocycles. The van der Waals surface area contributed by atoms with Crippen LogP contribution in [-0.4, -0.2) is 13.7 Å². The van der Waals surface area contributed by atoms with Crippen LogP contribution >= 0.6 is 0 Å². The highest BCUT2D eigenvalue weighted by Gasteiger charge is 2.24. The van der Waals surface area contributed by atoms with Gasteiger partial charge in [0.2, 0.25) is 0 Å². The molecule has 0 spiro atoms. The molecule has 12 rings (SSSR count). The van der Waals surface area contributed by atoms with Crippen molar-refractivity contribution < 1.29 is 0 Å². The first-order valence-corrected chi connectivity index (χ1v) is 19.6. The molecule has 0 bridgehead atoms. The summed E-state index contributed by atoms with van der Waals surface area (Å²) in [6, 6.07) is 77.4. The SMILES string of the molecule is c1ccc(-c2ccc(-n3c4ccc(-c5ccc6c(c5)c5ccccc5n6-c5ccccc5)cc4c4c3c3c5ccccc5ccc3n4-c3ccccc3)cc2)cc1. The van der Waals surface area contributed by atoms with E-state index < -0.39 is 0 Å². The van der Waals surface area contributed by atoms with Crippen LogP contribution in [0.4, 0.5) is 0 Å². The van der Waals surface area contributed by atoms with E-state index in [0.717, 1.165) is 11.4 Å². The normalized spacial score (nSPS) is 11.9. The number of hydrogen-bond donors (Lipinski definition) is 0. The molecule has 0 aliphatic heterocycles. The van der Waals surface area contributed by atoms with Gasteiger partial charge in [-0.3, -0.25) is 0 Å². The fraction of sp³-hybridized carbons (Fsp3) is 0. The van der Waals surface area contributed by atoms with Crippen LogP contribution in [0, 0.1) is 0 Å². The molecule has 0 saturated carbocycles. The molecule has 0 N–H and O–H groups in total. The lowest BCUT2D eigenvalue weighted by Crippen LogP contribution is -1.95. The van der Waals surface area contributed by atoms with Gasteiger partial charge in [-0.05, 0) is 106 Å². The van der Waals surface area contributed by atoms with E-state index >= 15 is 0 Å². The molecule has 266 valence electrons. The number of hydrogen-bond acceptors (Lipinski definition) is 0. The van der Waals surface area contributed by atoms with E-state index in [9.17, 15) is 0 Å². The predicted molar refractivity (Wildman–Crippen MR) is 240 cm³/mol. The van der Waals surface area contributed by atoms with Crippen LogP contribution in [0.2, 0.25) is 0 Å². The van der Waals surface area contributed by atoms with Crippen molar-refractivity contribution in [3.63, 3.8) is 0 Å². The zero-order valence-electron chi connectivity index (χ0n) is 31.0. The van der Waals surface area contributed by atoms with Crippen molar-refractivity contribution in [2.45, 2.75) is 0 Å². The molecule has 3 heterocycles. The molecule has 3 heteroatoms. The van der Waals surface area contributed by atoms with Gasteiger partial charge in [-0.15, -0.1) is 0 Å². The van der Waals surface area contributed by atoms with E-state index in [2.05, 4.69) is 226 Å². The quantitative estimate of drug-likeness (QED) is 0.168. The van der Waals surface area contributed by atoms with Crippen molar-refractivity contribution in [2.24, 2.45) is 0 Å². The molecule has 3 aromatic heterocycles. The summed E-state index contributed by atoms with van der Waals surface area (Å²) in [6.07, 6.45) is 0. The Morgan fingerprint density at radius 1 is 0.246 bits per heavy atom. The largest absolute Gasteiger partial charge is 0.309 e. The molecular weight excluding hydrogens is 691 g/mol. The van der Waals surface area contributed by atoms with Gasteiger partial charge in [-0.25, -0.2) is 0 Å². The van der Waals surface area contributed by atoms with Gasteiger partial charge in [0, 0.05) is 38.6 Å². The number of rotatable bonds is 5. The fourth-order valence-electron chi connectivity index (χ4n) is 9.28. The first-order chi connectivity index (χ1) is 28.3. The lowest BCUT2D eigenvalue weighted by atomic mass is 10.0. The van der Waals surface area contributed by atoms with Crippen molar-refractivity contribution in [2.75, 3.05) is 0 Å². The third-order valence-corrected chi connectivity index (χ3v) is 11.8. The average Bonchev–Trinajstić information content (AvgIpc) is 3.92. The minimum atomic E-state index is 1.14. The molecule has 3 nitrogen and oxygen atoms in total. The molecule has 0 unspecified atom stereocenters. The predicted octanol–water partition coefficient (Wildman–Crippen LogP) is 14.3. The second-order valence-electron chi connectivity index (χ2n) is 14.9. The summed E-state index contributed by atoms with van der Waals surface area (Å²) < 4.78 is 7.36. The van der Waals surface area contributed by atoms with Crippen LogP contribution in [0.5, 0.6) is 0 Å². The van der Waals surface area contributed by atoms with Crippen LogP contribution in [0.25, 0.3) is 105 Å². The Bertz CT molecular complexity index is 3480. The van der Waals surface area contributed by atoms with Crippen LogP contribution in [0.1, 0.15) is 0 Å². The number of nitrogens with zero attached hydrogens (tertiary/aromatic N) is 3. The zero-order valence-corrected chi connectivity index (χ0v) is 31.0. The molecule has 9 aromatic carbocycles. The first-order valence-electron chi connectivity index (χ1n) is 19.6. The third-order valence-electron chi connectivity index (χ3n) is 11.8. The number of aromatic nitrogens is 3. The lowest BCUT2D eigenvalue weighted by molar-refractivity contribution is 1.17. The van der Waals surface area contributed by atoms with Gasteiger partial charge in [-0.1, -0.05) is 140 Å². The van der Waals surface area contributed by atoms with Gasteiger partial charge in [0.1, 0.15) is 0 Å². The van der Waals surface area contributed by atoms with Gasteiger partial charge < -0.3 is 13.7 Å². The highest BCUT2D eigenvalue weighted by Crippen LogP contribution is 2.45. The van der Waals surface area contributed by atoms with Gasteiger partial charge >= 0.3 is 0 Å². The topological polar surface area (TPSA) is 14.8 Å². The first kappa shape index (κ1) is 31.7. The Morgan fingerprint density at radius 2 is 0.719 bits per heavy atom. The molecule has 0 atom stereocenters. The number of fused-ring (bicyclic) bond motifs is 10. The van der Waals surface area contributed by atoms with E-state index in [4.69, 9.17) is 0 Å². The summed E-state index contributed by atoms with van der Waals surface area (Å²) in [7, 11) is 0. The van der Waals surface area contributed by atoms with Gasteiger partial charge in [0.25, 0.3) is 0 Å². The highest BCUT2D eigenvalue weighted by atomic mass is 15.1. The Hall–Kier alpha value is -7.62. The minimum absolute atomic E-state index is 1.14. The van der Waals surface area contributed by atoms with E-state index in [0.29, 0.717) is 0 Å². The summed E-state index contributed by atoms with van der Waals surface area (Å²) in [5.74, 6) is 0. The molecular formula is C54H35N3. The van der Waals surface area contributed by atoms with Crippen LogP contribution in [0.15, 0.2) is 212 Å². The Kier molecular flexibility index (Phi) is 6.93. The van der Waals surface area contributed by atoms with E-state index in [1.165, 1.54) is 93.4 Å². The average molecular weight is 726 g/mol. The Balaban J connectivity index is 1.16. The van der Waals surface area contributed by atoms with E-state index in [1.54, 1.807) is 0 Å². The molecule has 0 radical (unpaired) electrons. The standard InChI is InChI=1S/C54H35N3/c1-4-14-36(15-5-1)37-24-29-43(30-25-37)56-50-32-28-40(39-27-31-49-46(34-39)45-22-12-13-23-48(45)55(49)41-17-6-2-7-18-41)35-47(50)53-54(56)52-44-21-11-10-16-38(44)26-33-51(52)57(53)42-19-8-3-9-20-42/h1-35H. The van der Waals surface area contributed by atoms with E-state index in [1.807, 2.05) is 0 Å². The van der Waals surface area contributed by atoms with Crippen molar-refractivity contribution in [3.05, 3.63) is 212 Å². The van der Waals surface area contributed by atoms with E-state index in [-0.39, 0.29) is 0 Å². The highest BCUT2D eigenvalue weighted by molar-refractivity contribution is 6.27. The molecule has 0 aliphatic carbocycles. The second-order valence-corrected chi connectivity index (χ2v) is 14.9. The summed E-state index contributed by atoms with van der Waals surface area (Å²) in [6.45, 7) is 0. The maximum Gasteiger partial charge on any atom is 0.0810 e. The molecule has 0 fully saturated rings. The summed E-state index contributed by atoms with van der Waals surface area (Å²) in [5, 5.41) is 7.45. The van der Waals surface area contributed by atoms with Crippen molar-refractivity contribution in [3.8, 4) is 39.3 Å². The molecule has 0 aliphatic rings. The third kappa shape index (κ3) is 4.79. The van der Waals surface area contributed by atoms with Crippen molar-refractivity contribution in [1.29, 1.82) is 0 Å². The lowest BCUT2D eigenvalue weighted by Gasteiger charge is -2.12. The maximum atomic E-state index is 2.49. The summed E-state index contributed by atoms with van der Waals surface area (Å²) in [5.41, 5.74) is 15.5. The Labute approximate surface area is 329 Å². The van der Waals surface area contributed by atoms with Crippen molar-refractivity contribution in [1.82, 2.24) is 13.7 Å². The Morgan fingerprint density at radius 3 is 1.44 bits per heavy atom. The van der Waals surface area contributed by atoms with Crippen LogP contribution in [-0.2, 0) is 0 Å². The monoisotopic (exact) mass is 725 g/mol. The maximum absolute atomic E-state index is 2.49. The fourth-order valence-corrected chi connectivity index (χ4v) is 9.28. The van der Waals surface area contributed by atoms with Gasteiger partial charge in [0.15, 0.2) is 0 Å². The summed E-state index contributed by atoms with van der Waals surface area (Å²) in [4.78, 5) is 0. The van der Waals surface area contributed by atoms with Gasteiger partial charge in [-0.2, -0.15) is 0 Å². The minimum Gasteiger partial charge on any atom is -0.309 e. The number of benzene rings is 9. The summed E-state index contributed by atoms with van der Waals surface area (Å²) >= 11 is 0. The zero-order chi connectivity index (χ0) is 37.5. The smallest absolute Gasteiger partial charge is 0.0810 e. The van der Waals surface area contributed by atoms with Gasteiger partial charge in [0.05, 0.1) is 33.1 Å². The number of para-hydroxylation sites is 3. The van der Waals surface area contributed by atoms with Crippen LogP contribution in [0.3, 0.4) is 0 Å². The molecule has 57 heavy (non-hydrogen) atoms. The molecule has 0 amide bonds. The van der Waals surface area contributed by atoms with Crippen molar-refractivity contribution >= 4 is 65.4 Å². The molecule has 12 aromatic rings.